The minimum atomic E-state index is -0.184. The van der Waals surface area contributed by atoms with Gasteiger partial charge in [0.15, 0.2) is 0 Å². The number of rotatable bonds is 4. The van der Waals surface area contributed by atoms with Crippen molar-refractivity contribution in [2.45, 2.75) is 32.7 Å². The van der Waals surface area contributed by atoms with Crippen LogP contribution >= 0.6 is 12.6 Å². The van der Waals surface area contributed by atoms with Gasteiger partial charge in [-0.3, -0.25) is 4.79 Å². The van der Waals surface area contributed by atoms with E-state index >= 15 is 0 Å². The van der Waals surface area contributed by atoms with E-state index in [1.165, 1.54) is 0 Å². The Morgan fingerprint density at radius 2 is 2.08 bits per heavy atom. The molecule has 2 N–H and O–H groups in total. The molecular formula is C8H18N2OS. The van der Waals surface area contributed by atoms with Gasteiger partial charge >= 0.3 is 0 Å². The largest absolute Gasteiger partial charge is 0.330 e. The van der Waals surface area contributed by atoms with Crippen LogP contribution in [0.5, 0.6) is 0 Å². The van der Waals surface area contributed by atoms with Crippen molar-refractivity contribution in [3.05, 3.63) is 0 Å². The summed E-state index contributed by atoms with van der Waals surface area (Å²) in [5.41, 5.74) is 5.27. The summed E-state index contributed by atoms with van der Waals surface area (Å²) in [5.74, 6) is 0. The van der Waals surface area contributed by atoms with Gasteiger partial charge < -0.3 is 10.6 Å². The molecule has 0 fully saturated rings. The first kappa shape index (κ1) is 11.8. The van der Waals surface area contributed by atoms with Crippen LogP contribution < -0.4 is 5.73 Å². The zero-order valence-electron chi connectivity index (χ0n) is 8.00. The smallest absolute Gasteiger partial charge is 0.278 e. The van der Waals surface area contributed by atoms with Gasteiger partial charge in [0.05, 0.1) is 0 Å². The highest BCUT2D eigenvalue weighted by Crippen LogP contribution is 2.19. The number of amides is 1. The van der Waals surface area contributed by atoms with Gasteiger partial charge in [-0.05, 0) is 33.7 Å². The highest BCUT2D eigenvalue weighted by Gasteiger charge is 2.26. The summed E-state index contributed by atoms with van der Waals surface area (Å²) in [6.45, 7) is 7.20. The van der Waals surface area contributed by atoms with Crippen molar-refractivity contribution in [3.63, 3.8) is 0 Å². The Bertz CT molecular complexity index is 159. The Hall–Kier alpha value is -0.220. The van der Waals surface area contributed by atoms with E-state index in [2.05, 4.69) is 12.6 Å². The quantitative estimate of drug-likeness (QED) is 0.660. The SMILES string of the molecule is CCN(C(=O)S)C(C)(C)CCN. The van der Waals surface area contributed by atoms with E-state index in [1.54, 1.807) is 4.90 Å². The van der Waals surface area contributed by atoms with Gasteiger partial charge in [-0.25, -0.2) is 0 Å². The zero-order valence-corrected chi connectivity index (χ0v) is 8.90. The van der Waals surface area contributed by atoms with Crippen LogP contribution in [-0.4, -0.2) is 28.8 Å². The highest BCUT2D eigenvalue weighted by molar-refractivity contribution is 7.96. The summed E-state index contributed by atoms with van der Waals surface area (Å²) in [6, 6.07) is 0. The van der Waals surface area contributed by atoms with Gasteiger partial charge in [0.1, 0.15) is 0 Å². The lowest BCUT2D eigenvalue weighted by molar-refractivity contribution is 0.156. The van der Waals surface area contributed by atoms with Crippen LogP contribution in [0.2, 0.25) is 0 Å². The second-order valence-corrected chi connectivity index (χ2v) is 3.76. The number of thiol groups is 1. The topological polar surface area (TPSA) is 46.3 Å². The van der Waals surface area contributed by atoms with Crippen molar-refractivity contribution in [1.29, 1.82) is 0 Å². The molecule has 12 heavy (non-hydrogen) atoms. The summed E-state index contributed by atoms with van der Waals surface area (Å²) < 4.78 is 0. The molecule has 0 saturated heterocycles. The highest BCUT2D eigenvalue weighted by atomic mass is 32.1. The number of nitrogens with two attached hydrogens (primary N) is 1. The minimum absolute atomic E-state index is 0.178. The maximum absolute atomic E-state index is 11.0. The Labute approximate surface area is 79.7 Å². The molecule has 0 atom stereocenters. The molecule has 0 aromatic rings. The molecule has 1 amide bonds. The molecule has 72 valence electrons. The predicted octanol–water partition coefficient (Wildman–Crippen LogP) is 1.49. The molecular weight excluding hydrogens is 172 g/mol. The molecule has 0 unspecified atom stereocenters. The van der Waals surface area contributed by atoms with E-state index < -0.39 is 0 Å². The molecule has 0 heterocycles. The molecule has 0 aliphatic rings. The molecule has 0 saturated carbocycles. The zero-order chi connectivity index (χ0) is 9.78. The predicted molar refractivity (Wildman–Crippen MR) is 54.5 cm³/mol. The Kier molecular flexibility index (Phi) is 4.63. The van der Waals surface area contributed by atoms with E-state index in [9.17, 15) is 4.79 Å². The Balaban J connectivity index is 4.36. The lowest BCUT2D eigenvalue weighted by atomic mass is 9.99. The average Bonchev–Trinajstić information content (AvgIpc) is 1.86. The van der Waals surface area contributed by atoms with Gasteiger partial charge in [-0.15, -0.1) is 0 Å². The third kappa shape index (κ3) is 3.03. The van der Waals surface area contributed by atoms with Crippen LogP contribution in [0.4, 0.5) is 4.79 Å². The number of carbonyl (C=O) groups is 1. The molecule has 0 bridgehead atoms. The second kappa shape index (κ2) is 4.72. The van der Waals surface area contributed by atoms with Crippen LogP contribution in [0.3, 0.4) is 0 Å². The van der Waals surface area contributed by atoms with Gasteiger partial charge in [0.25, 0.3) is 5.24 Å². The van der Waals surface area contributed by atoms with E-state index in [0.29, 0.717) is 13.1 Å². The molecule has 0 aromatic heterocycles. The standard InChI is InChI=1S/C8H18N2OS/c1-4-10(7(11)12)8(2,3)5-6-9/h4-6,9H2,1-3H3,(H,11,12). The van der Waals surface area contributed by atoms with Crippen molar-refractivity contribution in [1.82, 2.24) is 4.90 Å². The van der Waals surface area contributed by atoms with Crippen LogP contribution in [0.15, 0.2) is 0 Å². The average molecular weight is 190 g/mol. The summed E-state index contributed by atoms with van der Waals surface area (Å²) >= 11 is 3.81. The molecule has 4 heteroatoms. The summed E-state index contributed by atoms with van der Waals surface area (Å²) in [6.07, 6.45) is 0.799. The second-order valence-electron chi connectivity index (χ2n) is 3.38. The first-order valence-corrected chi connectivity index (χ1v) is 4.61. The van der Waals surface area contributed by atoms with E-state index in [4.69, 9.17) is 5.73 Å². The van der Waals surface area contributed by atoms with Crippen LogP contribution in [0.1, 0.15) is 27.2 Å². The summed E-state index contributed by atoms with van der Waals surface area (Å²) in [5, 5.41) is -0.184. The molecule has 0 rings (SSSR count). The van der Waals surface area contributed by atoms with Crippen LogP contribution in [0.25, 0.3) is 0 Å². The monoisotopic (exact) mass is 190 g/mol. The Morgan fingerprint density at radius 1 is 1.58 bits per heavy atom. The number of hydrogen-bond donors (Lipinski definition) is 2. The van der Waals surface area contributed by atoms with Crippen molar-refractivity contribution in [2.24, 2.45) is 5.73 Å². The number of nitrogens with zero attached hydrogens (tertiary/aromatic N) is 1. The fraction of sp³-hybridized carbons (Fsp3) is 0.875. The summed E-state index contributed by atoms with van der Waals surface area (Å²) in [4.78, 5) is 12.8. The van der Waals surface area contributed by atoms with Gasteiger partial charge in [-0.1, -0.05) is 12.6 Å². The first-order chi connectivity index (χ1) is 5.45. The molecule has 0 aliphatic carbocycles. The maximum Gasteiger partial charge on any atom is 0.278 e. The van der Waals surface area contributed by atoms with Gasteiger partial charge in [0.2, 0.25) is 0 Å². The number of hydrogen-bond acceptors (Lipinski definition) is 2. The lowest BCUT2D eigenvalue weighted by Gasteiger charge is -2.36. The Morgan fingerprint density at radius 3 is 2.33 bits per heavy atom. The van der Waals surface area contributed by atoms with Gasteiger partial charge in [-0.2, -0.15) is 0 Å². The minimum Gasteiger partial charge on any atom is -0.330 e. The third-order valence-electron chi connectivity index (χ3n) is 2.03. The lowest BCUT2D eigenvalue weighted by Crippen LogP contribution is -2.46. The molecule has 3 nitrogen and oxygen atoms in total. The number of carbonyl (C=O) groups excluding carboxylic acids is 1. The van der Waals surface area contributed by atoms with Crippen molar-refractivity contribution in [2.75, 3.05) is 13.1 Å². The fourth-order valence-corrected chi connectivity index (χ4v) is 1.72. The van der Waals surface area contributed by atoms with Gasteiger partial charge in [0, 0.05) is 12.1 Å². The van der Waals surface area contributed by atoms with E-state index in [0.717, 1.165) is 6.42 Å². The maximum atomic E-state index is 11.0. The molecule has 0 aliphatic heterocycles. The van der Waals surface area contributed by atoms with E-state index in [1.807, 2.05) is 20.8 Å². The van der Waals surface area contributed by atoms with Crippen molar-refractivity contribution >= 4 is 17.9 Å². The first-order valence-electron chi connectivity index (χ1n) is 4.16. The normalized spacial score (nSPS) is 11.4. The third-order valence-corrected chi connectivity index (χ3v) is 2.28. The van der Waals surface area contributed by atoms with Crippen molar-refractivity contribution < 1.29 is 4.79 Å². The van der Waals surface area contributed by atoms with Crippen LogP contribution in [0, 0.1) is 0 Å². The van der Waals surface area contributed by atoms with E-state index in [-0.39, 0.29) is 10.8 Å². The summed E-state index contributed by atoms with van der Waals surface area (Å²) in [7, 11) is 0. The van der Waals surface area contributed by atoms with Crippen molar-refractivity contribution in [3.8, 4) is 0 Å². The fourth-order valence-electron chi connectivity index (χ4n) is 1.31. The molecule has 0 spiro atoms. The molecule has 0 radical (unpaired) electrons. The van der Waals surface area contributed by atoms with Crippen LogP contribution in [-0.2, 0) is 0 Å². The molecule has 0 aromatic carbocycles.